The fourth-order valence-corrected chi connectivity index (χ4v) is 2.50. The monoisotopic (exact) mass is 349 g/mol. The van der Waals surface area contributed by atoms with Crippen LogP contribution in [0.25, 0.3) is 10.6 Å². The van der Waals surface area contributed by atoms with Crippen LogP contribution in [0.5, 0.6) is 0 Å². The highest BCUT2D eigenvalue weighted by molar-refractivity contribution is 9.10. The lowest BCUT2D eigenvalue weighted by Crippen LogP contribution is -2.12. The van der Waals surface area contributed by atoms with Gasteiger partial charge in [0, 0.05) is 10.0 Å². The fraction of sp³-hybridized carbons (Fsp3) is 0.100. The lowest BCUT2D eigenvalue weighted by molar-refractivity contribution is -0.113. The Kier molecular flexibility index (Phi) is 4.26. The zero-order chi connectivity index (χ0) is 13.1. The average Bonchev–Trinajstić information content (AvgIpc) is 2.76. The van der Waals surface area contributed by atoms with Crippen LogP contribution < -0.4 is 5.32 Å². The van der Waals surface area contributed by atoms with E-state index in [-0.39, 0.29) is 17.6 Å². The van der Waals surface area contributed by atoms with E-state index >= 15 is 0 Å². The van der Waals surface area contributed by atoms with E-state index in [2.05, 4.69) is 31.4 Å². The number of alkyl halides is 1. The summed E-state index contributed by atoms with van der Waals surface area (Å²) in [7, 11) is 0. The van der Waals surface area contributed by atoms with Crippen molar-refractivity contribution < 1.29 is 9.18 Å². The molecule has 0 aliphatic rings. The first-order valence-corrected chi connectivity index (χ1v) is 6.88. The summed E-state index contributed by atoms with van der Waals surface area (Å²) in [6, 6.07) is 4.41. The third-order valence-corrected chi connectivity index (χ3v) is 3.49. The van der Waals surface area contributed by atoms with Crippen molar-refractivity contribution in [1.82, 2.24) is 10.2 Å². The third-order valence-electron chi connectivity index (χ3n) is 1.90. The van der Waals surface area contributed by atoms with Crippen molar-refractivity contribution in [3.05, 3.63) is 28.5 Å². The molecule has 4 nitrogen and oxygen atoms in total. The molecule has 0 saturated heterocycles. The molecule has 1 aromatic carbocycles. The minimum absolute atomic E-state index is 0.152. The molecule has 0 fully saturated rings. The number of amides is 1. The predicted octanol–water partition coefficient (Wildman–Crippen LogP) is 3.28. The van der Waals surface area contributed by atoms with Crippen LogP contribution in [0.3, 0.4) is 0 Å². The molecule has 94 valence electrons. The van der Waals surface area contributed by atoms with Gasteiger partial charge in [0.2, 0.25) is 11.0 Å². The molecule has 0 radical (unpaired) electrons. The molecule has 0 aliphatic carbocycles. The summed E-state index contributed by atoms with van der Waals surface area (Å²) in [4.78, 5) is 11.1. The van der Waals surface area contributed by atoms with Crippen molar-refractivity contribution in [2.75, 3.05) is 11.2 Å². The Hall–Kier alpha value is -1.05. The zero-order valence-electron chi connectivity index (χ0n) is 8.78. The van der Waals surface area contributed by atoms with Crippen LogP contribution >= 0.6 is 38.9 Å². The van der Waals surface area contributed by atoms with Gasteiger partial charge in [-0.2, -0.15) is 0 Å². The van der Waals surface area contributed by atoms with Crippen LogP contribution in [-0.2, 0) is 4.79 Å². The van der Waals surface area contributed by atoms with E-state index < -0.39 is 0 Å². The molecule has 8 heteroatoms. The van der Waals surface area contributed by atoms with Crippen molar-refractivity contribution >= 4 is 49.9 Å². The van der Waals surface area contributed by atoms with Crippen molar-refractivity contribution in [3.8, 4) is 10.6 Å². The minimum atomic E-state index is -0.374. The fourth-order valence-electron chi connectivity index (χ4n) is 1.22. The summed E-state index contributed by atoms with van der Waals surface area (Å²) in [5.41, 5.74) is 0.589. The highest BCUT2D eigenvalue weighted by atomic mass is 79.9. The van der Waals surface area contributed by atoms with E-state index in [1.54, 1.807) is 6.07 Å². The molecular weight excluding hydrogens is 345 g/mol. The molecule has 2 rings (SSSR count). The molecule has 0 unspecified atom stereocenters. The van der Waals surface area contributed by atoms with E-state index in [9.17, 15) is 9.18 Å². The largest absolute Gasteiger partial charge is 0.299 e. The van der Waals surface area contributed by atoms with Crippen LogP contribution in [0.1, 0.15) is 0 Å². The zero-order valence-corrected chi connectivity index (χ0v) is 11.9. The molecule has 0 atom stereocenters. The summed E-state index contributed by atoms with van der Waals surface area (Å²) >= 11 is 9.70. The van der Waals surface area contributed by atoms with Crippen molar-refractivity contribution in [1.29, 1.82) is 0 Å². The predicted molar refractivity (Wildman–Crippen MR) is 72.4 cm³/mol. The van der Waals surface area contributed by atoms with Gasteiger partial charge < -0.3 is 0 Å². The van der Waals surface area contributed by atoms with Gasteiger partial charge in [0.25, 0.3) is 0 Å². The molecule has 1 amide bonds. The number of nitrogens with zero attached hydrogens (tertiary/aromatic N) is 2. The molecule has 0 spiro atoms. The summed E-state index contributed by atoms with van der Waals surface area (Å²) in [6.07, 6.45) is 0. The number of nitrogens with one attached hydrogen (secondary N) is 1. The molecular formula is C10H6BrClFN3OS. The normalized spacial score (nSPS) is 10.4. The quantitative estimate of drug-likeness (QED) is 0.864. The van der Waals surface area contributed by atoms with Gasteiger partial charge in [-0.05, 0) is 18.2 Å². The molecule has 0 aliphatic heterocycles. The van der Waals surface area contributed by atoms with E-state index in [1.165, 1.54) is 12.1 Å². The Balaban J connectivity index is 2.26. The summed E-state index contributed by atoms with van der Waals surface area (Å²) in [5.74, 6) is -0.888. The third kappa shape index (κ3) is 3.24. The number of benzene rings is 1. The first-order chi connectivity index (χ1) is 8.58. The molecule has 1 N–H and O–H groups in total. The average molecular weight is 351 g/mol. The minimum Gasteiger partial charge on any atom is -0.299 e. The Labute approximate surface area is 119 Å². The summed E-state index contributed by atoms with van der Waals surface area (Å²) in [6.45, 7) is 0. The van der Waals surface area contributed by atoms with Gasteiger partial charge in [-0.25, -0.2) is 4.39 Å². The number of aromatic nitrogens is 2. The lowest BCUT2D eigenvalue weighted by Gasteiger charge is -1.97. The number of carbonyl (C=O) groups excluding carboxylic acids is 1. The molecule has 18 heavy (non-hydrogen) atoms. The number of hydrogen-bond acceptors (Lipinski definition) is 4. The number of carbonyl (C=O) groups is 1. The van der Waals surface area contributed by atoms with Gasteiger partial charge in [0.15, 0.2) is 0 Å². The van der Waals surface area contributed by atoms with Gasteiger partial charge in [-0.1, -0.05) is 27.3 Å². The van der Waals surface area contributed by atoms with E-state index in [0.717, 1.165) is 11.3 Å². The second-order valence-corrected chi connectivity index (χ2v) is 5.41. The topological polar surface area (TPSA) is 54.9 Å². The maximum Gasteiger partial charge on any atom is 0.241 e. The second kappa shape index (κ2) is 5.73. The van der Waals surface area contributed by atoms with Crippen LogP contribution in [0.15, 0.2) is 22.7 Å². The first kappa shape index (κ1) is 13.4. The van der Waals surface area contributed by atoms with Crippen molar-refractivity contribution in [2.45, 2.75) is 0 Å². The Morgan fingerprint density at radius 2 is 2.22 bits per heavy atom. The molecule has 1 aromatic heterocycles. The van der Waals surface area contributed by atoms with Gasteiger partial charge in [-0.3, -0.25) is 10.1 Å². The number of anilines is 1. The Morgan fingerprint density at radius 3 is 2.89 bits per heavy atom. The summed E-state index contributed by atoms with van der Waals surface area (Å²) < 4.78 is 13.8. The number of halogens is 3. The Bertz CT molecular complexity index is 572. The SMILES string of the molecule is O=C(CCl)Nc1nnc(-c2cc(F)cc(Br)c2)s1. The van der Waals surface area contributed by atoms with Gasteiger partial charge in [0.05, 0.1) is 0 Å². The molecule has 2 aromatic rings. The van der Waals surface area contributed by atoms with Gasteiger partial charge in [0.1, 0.15) is 16.7 Å². The number of rotatable bonds is 3. The van der Waals surface area contributed by atoms with Crippen molar-refractivity contribution in [3.63, 3.8) is 0 Å². The van der Waals surface area contributed by atoms with Crippen LogP contribution in [-0.4, -0.2) is 22.0 Å². The van der Waals surface area contributed by atoms with E-state index in [1.807, 2.05) is 0 Å². The number of hydrogen-bond donors (Lipinski definition) is 1. The lowest BCUT2D eigenvalue weighted by atomic mass is 10.2. The molecule has 0 bridgehead atoms. The van der Waals surface area contributed by atoms with Crippen LogP contribution in [0.2, 0.25) is 0 Å². The van der Waals surface area contributed by atoms with Gasteiger partial charge in [-0.15, -0.1) is 21.8 Å². The Morgan fingerprint density at radius 1 is 1.44 bits per heavy atom. The van der Waals surface area contributed by atoms with Crippen LogP contribution in [0.4, 0.5) is 9.52 Å². The second-order valence-electron chi connectivity index (χ2n) is 3.25. The highest BCUT2D eigenvalue weighted by Crippen LogP contribution is 2.29. The van der Waals surface area contributed by atoms with Crippen molar-refractivity contribution in [2.24, 2.45) is 0 Å². The smallest absolute Gasteiger partial charge is 0.241 e. The maximum absolute atomic E-state index is 13.2. The molecule has 1 heterocycles. The summed E-state index contributed by atoms with van der Waals surface area (Å²) in [5, 5.41) is 11.0. The first-order valence-electron chi connectivity index (χ1n) is 4.74. The maximum atomic E-state index is 13.2. The van der Waals surface area contributed by atoms with E-state index in [0.29, 0.717) is 20.2 Å². The molecule has 0 saturated carbocycles. The van der Waals surface area contributed by atoms with Crippen LogP contribution in [0, 0.1) is 5.82 Å². The standard InChI is InChI=1S/C10H6BrClFN3OS/c11-6-1-5(2-7(13)3-6)9-15-16-10(18-9)14-8(17)4-12/h1-3H,4H2,(H,14,16,17). The van der Waals surface area contributed by atoms with Gasteiger partial charge >= 0.3 is 0 Å². The highest BCUT2D eigenvalue weighted by Gasteiger charge is 2.10. The van der Waals surface area contributed by atoms with E-state index in [4.69, 9.17) is 11.6 Å².